The van der Waals surface area contributed by atoms with Crippen LogP contribution in [-0.2, 0) is 4.74 Å². The monoisotopic (exact) mass is 228 g/mol. The lowest BCUT2D eigenvalue weighted by atomic mass is 10.5. The fourth-order valence-electron chi connectivity index (χ4n) is 1.07. The maximum Gasteiger partial charge on any atom is 0.358 e. The van der Waals surface area contributed by atoms with E-state index in [0.29, 0.717) is 5.69 Å². The third-order valence-electron chi connectivity index (χ3n) is 1.73. The van der Waals surface area contributed by atoms with E-state index in [0.717, 1.165) is 4.96 Å². The highest BCUT2D eigenvalue weighted by atomic mass is 32.2. The minimum Gasteiger partial charge on any atom is -0.464 e. The smallest absolute Gasteiger partial charge is 0.358 e. The fourth-order valence-corrected chi connectivity index (χ4v) is 2.55. The molecule has 74 valence electrons. The van der Waals surface area contributed by atoms with Gasteiger partial charge in [0.2, 0.25) is 0 Å². The molecule has 0 amide bonds. The predicted molar refractivity (Wildman–Crippen MR) is 56.2 cm³/mol. The van der Waals surface area contributed by atoms with Gasteiger partial charge in [-0.2, -0.15) is 0 Å². The van der Waals surface area contributed by atoms with Gasteiger partial charge in [0.1, 0.15) is 0 Å². The standard InChI is InChI=1S/C8H8N2O2S2/c1-12-7(11)5-3-10-4-6(13-2)14-8(10)9-5/h3-4H,1-2H3. The Morgan fingerprint density at radius 3 is 3.00 bits per heavy atom. The number of hydrogen-bond donors (Lipinski definition) is 0. The van der Waals surface area contributed by atoms with Gasteiger partial charge >= 0.3 is 5.97 Å². The highest BCUT2D eigenvalue weighted by Gasteiger charge is 2.12. The second-order valence-corrected chi connectivity index (χ2v) is 4.68. The third-order valence-corrected chi connectivity index (χ3v) is 3.78. The summed E-state index contributed by atoms with van der Waals surface area (Å²) in [7, 11) is 1.35. The molecule has 0 N–H and O–H groups in total. The van der Waals surface area contributed by atoms with Crippen molar-refractivity contribution in [2.45, 2.75) is 4.21 Å². The molecular weight excluding hydrogens is 220 g/mol. The van der Waals surface area contributed by atoms with Crippen molar-refractivity contribution in [2.24, 2.45) is 0 Å². The molecular formula is C8H8N2O2S2. The van der Waals surface area contributed by atoms with E-state index >= 15 is 0 Å². The summed E-state index contributed by atoms with van der Waals surface area (Å²) in [5, 5.41) is 0. The Morgan fingerprint density at radius 2 is 2.43 bits per heavy atom. The van der Waals surface area contributed by atoms with Crippen LogP contribution in [-0.4, -0.2) is 28.7 Å². The zero-order chi connectivity index (χ0) is 10.1. The lowest BCUT2D eigenvalue weighted by molar-refractivity contribution is 0.0595. The van der Waals surface area contributed by atoms with Crippen molar-refractivity contribution in [2.75, 3.05) is 13.4 Å². The molecule has 2 aromatic heterocycles. The predicted octanol–water partition coefficient (Wildman–Crippen LogP) is 1.90. The van der Waals surface area contributed by atoms with E-state index in [9.17, 15) is 4.79 Å². The van der Waals surface area contributed by atoms with Crippen molar-refractivity contribution in [1.29, 1.82) is 0 Å². The van der Waals surface area contributed by atoms with Crippen molar-refractivity contribution in [1.82, 2.24) is 9.38 Å². The molecule has 0 saturated carbocycles. The zero-order valence-electron chi connectivity index (χ0n) is 7.68. The lowest BCUT2D eigenvalue weighted by Crippen LogP contribution is -2.00. The molecule has 0 atom stereocenters. The normalized spacial score (nSPS) is 10.7. The molecule has 0 unspecified atom stereocenters. The molecule has 0 aromatic carbocycles. The summed E-state index contributed by atoms with van der Waals surface area (Å²) in [5.41, 5.74) is 0.353. The molecule has 4 nitrogen and oxygen atoms in total. The topological polar surface area (TPSA) is 43.6 Å². The number of thiazole rings is 1. The fraction of sp³-hybridized carbons (Fsp3) is 0.250. The second kappa shape index (κ2) is 3.62. The van der Waals surface area contributed by atoms with Crippen LogP contribution in [0, 0.1) is 0 Å². The van der Waals surface area contributed by atoms with Crippen LogP contribution < -0.4 is 0 Å². The molecule has 2 aromatic rings. The SMILES string of the molecule is COC(=O)c1cn2cc(SC)sc2n1. The Kier molecular flexibility index (Phi) is 2.47. The summed E-state index contributed by atoms with van der Waals surface area (Å²) in [4.78, 5) is 16.1. The molecule has 2 rings (SSSR count). The first-order valence-corrected chi connectivity index (χ1v) is 5.89. The van der Waals surface area contributed by atoms with Gasteiger partial charge in [0.25, 0.3) is 0 Å². The van der Waals surface area contributed by atoms with Gasteiger partial charge in [-0.15, -0.1) is 11.8 Å². The molecule has 0 saturated heterocycles. The first kappa shape index (κ1) is 9.54. The van der Waals surface area contributed by atoms with E-state index < -0.39 is 5.97 Å². The summed E-state index contributed by atoms with van der Waals surface area (Å²) in [5.74, 6) is -0.397. The van der Waals surface area contributed by atoms with Crippen LogP contribution in [0.25, 0.3) is 4.96 Å². The first-order chi connectivity index (χ1) is 6.74. The quantitative estimate of drug-likeness (QED) is 0.581. The van der Waals surface area contributed by atoms with Gasteiger partial charge in [0, 0.05) is 12.4 Å². The number of imidazole rings is 1. The largest absolute Gasteiger partial charge is 0.464 e. The first-order valence-electron chi connectivity index (χ1n) is 3.85. The number of aromatic nitrogens is 2. The van der Waals surface area contributed by atoms with Gasteiger partial charge in [-0.1, -0.05) is 11.3 Å². The van der Waals surface area contributed by atoms with Gasteiger partial charge < -0.3 is 4.74 Å². The molecule has 6 heteroatoms. The second-order valence-electron chi connectivity index (χ2n) is 2.56. The Balaban J connectivity index is 2.44. The summed E-state index contributed by atoms with van der Waals surface area (Å²) in [6.45, 7) is 0. The number of fused-ring (bicyclic) bond motifs is 1. The van der Waals surface area contributed by atoms with Gasteiger partial charge in [-0.3, -0.25) is 4.40 Å². The van der Waals surface area contributed by atoms with E-state index in [2.05, 4.69) is 9.72 Å². The number of methoxy groups -OCH3 is 1. The van der Waals surface area contributed by atoms with Gasteiger partial charge in [-0.05, 0) is 6.26 Å². The number of carbonyl (C=O) groups is 1. The molecule has 0 bridgehead atoms. The Labute approximate surface area is 88.9 Å². The lowest BCUT2D eigenvalue weighted by Gasteiger charge is -1.90. The van der Waals surface area contributed by atoms with Crippen molar-refractivity contribution in [3.05, 3.63) is 18.1 Å². The number of thioether (sulfide) groups is 1. The van der Waals surface area contributed by atoms with Crippen LogP contribution >= 0.6 is 23.1 Å². The molecule has 0 spiro atoms. The number of esters is 1. The van der Waals surface area contributed by atoms with Crippen molar-refractivity contribution < 1.29 is 9.53 Å². The number of nitrogens with zero attached hydrogens (tertiary/aromatic N) is 2. The summed E-state index contributed by atoms with van der Waals surface area (Å²) >= 11 is 3.21. The molecule has 0 radical (unpaired) electrons. The number of hydrogen-bond acceptors (Lipinski definition) is 5. The number of carbonyl (C=O) groups excluding carboxylic acids is 1. The highest BCUT2D eigenvalue weighted by Crippen LogP contribution is 2.25. The van der Waals surface area contributed by atoms with Gasteiger partial charge in [0.15, 0.2) is 10.7 Å². The van der Waals surface area contributed by atoms with Crippen LogP contribution in [0.4, 0.5) is 0 Å². The molecule has 2 heterocycles. The highest BCUT2D eigenvalue weighted by molar-refractivity contribution is 8.00. The summed E-state index contributed by atoms with van der Waals surface area (Å²) in [6, 6.07) is 0. The molecule has 0 aliphatic heterocycles. The minimum absolute atomic E-state index is 0.353. The third kappa shape index (κ3) is 1.51. The molecule has 0 fully saturated rings. The molecule has 14 heavy (non-hydrogen) atoms. The Morgan fingerprint density at radius 1 is 1.64 bits per heavy atom. The van der Waals surface area contributed by atoms with E-state index in [1.54, 1.807) is 29.3 Å². The van der Waals surface area contributed by atoms with Gasteiger partial charge in [0.05, 0.1) is 11.3 Å². The van der Waals surface area contributed by atoms with Crippen molar-refractivity contribution in [3.63, 3.8) is 0 Å². The van der Waals surface area contributed by atoms with E-state index in [4.69, 9.17) is 0 Å². The average Bonchev–Trinajstić information content (AvgIpc) is 2.72. The van der Waals surface area contributed by atoms with E-state index in [-0.39, 0.29) is 0 Å². The maximum atomic E-state index is 11.1. The van der Waals surface area contributed by atoms with E-state index in [1.807, 2.05) is 16.9 Å². The Hall–Kier alpha value is -1.01. The van der Waals surface area contributed by atoms with E-state index in [1.165, 1.54) is 11.3 Å². The minimum atomic E-state index is -0.397. The van der Waals surface area contributed by atoms with Crippen LogP contribution in [0.1, 0.15) is 10.5 Å². The maximum absolute atomic E-state index is 11.1. The summed E-state index contributed by atoms with van der Waals surface area (Å²) < 4.78 is 7.58. The summed E-state index contributed by atoms with van der Waals surface area (Å²) in [6.07, 6.45) is 5.63. The molecule has 0 aliphatic carbocycles. The molecule has 0 aliphatic rings. The van der Waals surface area contributed by atoms with Crippen molar-refractivity contribution >= 4 is 34.0 Å². The van der Waals surface area contributed by atoms with Crippen LogP contribution in [0.5, 0.6) is 0 Å². The van der Waals surface area contributed by atoms with Crippen LogP contribution in [0.15, 0.2) is 16.6 Å². The number of ether oxygens (including phenoxy) is 1. The zero-order valence-corrected chi connectivity index (χ0v) is 9.32. The van der Waals surface area contributed by atoms with Crippen LogP contribution in [0.3, 0.4) is 0 Å². The number of rotatable bonds is 2. The van der Waals surface area contributed by atoms with Gasteiger partial charge in [-0.25, -0.2) is 9.78 Å². The van der Waals surface area contributed by atoms with Crippen molar-refractivity contribution in [3.8, 4) is 0 Å². The Bertz CT molecular complexity index is 443. The average molecular weight is 228 g/mol. The van der Waals surface area contributed by atoms with Crippen LogP contribution in [0.2, 0.25) is 0 Å².